The zero-order valence-electron chi connectivity index (χ0n) is 16.4. The Balaban J connectivity index is 1.75. The van der Waals surface area contributed by atoms with E-state index in [1.54, 1.807) is 6.20 Å². The van der Waals surface area contributed by atoms with Crippen molar-refractivity contribution in [1.29, 1.82) is 0 Å². The molecule has 1 heterocycles. The molecule has 0 aliphatic rings. The molecule has 28 heavy (non-hydrogen) atoms. The number of hydrogen-bond acceptors (Lipinski definition) is 5. The van der Waals surface area contributed by atoms with Crippen LogP contribution in [-0.4, -0.2) is 21.9 Å². The smallest absolute Gasteiger partial charge is 0.229 e. The van der Waals surface area contributed by atoms with Crippen LogP contribution in [0.5, 0.6) is 0 Å². The first-order valence-electron chi connectivity index (χ1n) is 9.29. The van der Waals surface area contributed by atoms with Gasteiger partial charge in [-0.3, -0.25) is 4.79 Å². The van der Waals surface area contributed by atoms with Crippen molar-refractivity contribution in [1.82, 2.24) is 9.97 Å². The minimum absolute atomic E-state index is 0.0936. The molecule has 0 saturated heterocycles. The molecule has 0 radical (unpaired) electrons. The van der Waals surface area contributed by atoms with Crippen molar-refractivity contribution in [2.24, 2.45) is 0 Å². The molecule has 3 rings (SSSR count). The average molecular weight is 375 g/mol. The lowest BCUT2D eigenvalue weighted by atomic mass is 10.2. The number of anilines is 4. The van der Waals surface area contributed by atoms with E-state index in [2.05, 4.69) is 46.5 Å². The third-order valence-corrected chi connectivity index (χ3v) is 4.22. The highest BCUT2D eigenvalue weighted by molar-refractivity contribution is 5.88. The van der Waals surface area contributed by atoms with E-state index in [9.17, 15) is 4.79 Å². The Morgan fingerprint density at radius 3 is 2.32 bits per heavy atom. The zero-order chi connectivity index (χ0) is 19.9. The Labute approximate surface area is 165 Å². The minimum atomic E-state index is -0.0936. The third kappa shape index (κ3) is 5.30. The van der Waals surface area contributed by atoms with Crippen molar-refractivity contribution in [2.45, 2.75) is 33.4 Å². The molecule has 1 aromatic heterocycles. The van der Waals surface area contributed by atoms with E-state index in [-0.39, 0.29) is 5.91 Å². The van der Waals surface area contributed by atoms with Gasteiger partial charge < -0.3 is 15.5 Å². The minimum Gasteiger partial charge on any atom is -0.350 e. The van der Waals surface area contributed by atoms with E-state index in [1.165, 1.54) is 12.5 Å². The van der Waals surface area contributed by atoms with Gasteiger partial charge >= 0.3 is 0 Å². The molecule has 0 aliphatic carbocycles. The zero-order valence-corrected chi connectivity index (χ0v) is 16.4. The van der Waals surface area contributed by atoms with Crippen molar-refractivity contribution < 1.29 is 4.79 Å². The number of nitrogens with one attached hydrogen (secondary N) is 2. The van der Waals surface area contributed by atoms with Gasteiger partial charge in [-0.1, -0.05) is 30.3 Å². The Kier molecular flexibility index (Phi) is 6.22. The molecule has 0 atom stereocenters. The van der Waals surface area contributed by atoms with Gasteiger partial charge in [-0.25, -0.2) is 4.98 Å². The topological polar surface area (TPSA) is 70.2 Å². The van der Waals surface area contributed by atoms with Gasteiger partial charge in [0.15, 0.2) is 0 Å². The largest absolute Gasteiger partial charge is 0.350 e. The first kappa shape index (κ1) is 19.4. The fraction of sp³-hybridized carbons (Fsp3) is 0.227. The highest BCUT2D eigenvalue weighted by Gasteiger charge is 2.13. The van der Waals surface area contributed by atoms with Crippen LogP contribution in [0.3, 0.4) is 0 Å². The Hall–Kier alpha value is -3.41. The second-order valence-corrected chi connectivity index (χ2v) is 6.83. The van der Waals surface area contributed by atoms with Crippen molar-refractivity contribution in [2.75, 3.05) is 15.5 Å². The summed E-state index contributed by atoms with van der Waals surface area (Å²) in [4.78, 5) is 22.4. The van der Waals surface area contributed by atoms with Crippen molar-refractivity contribution in [3.05, 3.63) is 72.4 Å². The summed E-state index contributed by atoms with van der Waals surface area (Å²) in [7, 11) is 0. The van der Waals surface area contributed by atoms with E-state index in [0.29, 0.717) is 12.0 Å². The number of benzene rings is 2. The number of hydrogen-bond donors (Lipinski definition) is 2. The average Bonchev–Trinajstić information content (AvgIpc) is 2.68. The Bertz CT molecular complexity index is 910. The maximum absolute atomic E-state index is 11.1. The lowest BCUT2D eigenvalue weighted by Crippen LogP contribution is -2.31. The number of nitrogens with zero attached hydrogens (tertiary/aromatic N) is 3. The SMILES string of the molecule is CC(=O)Nc1ccc(Nc2nccc(N(Cc3ccccc3)C(C)C)n2)cc1. The van der Waals surface area contributed by atoms with E-state index >= 15 is 0 Å². The Morgan fingerprint density at radius 2 is 1.68 bits per heavy atom. The number of carbonyl (C=O) groups is 1. The van der Waals surface area contributed by atoms with E-state index in [1.807, 2.05) is 48.5 Å². The molecule has 0 bridgehead atoms. The van der Waals surface area contributed by atoms with Crippen LogP contribution in [0.2, 0.25) is 0 Å². The summed E-state index contributed by atoms with van der Waals surface area (Å²) in [5.74, 6) is 1.30. The molecule has 2 aromatic carbocycles. The molecular weight excluding hydrogens is 350 g/mol. The second-order valence-electron chi connectivity index (χ2n) is 6.83. The van der Waals surface area contributed by atoms with Crippen LogP contribution in [0.15, 0.2) is 66.9 Å². The molecule has 2 N–H and O–H groups in total. The van der Waals surface area contributed by atoms with Gasteiger partial charge in [-0.05, 0) is 49.7 Å². The highest BCUT2D eigenvalue weighted by atomic mass is 16.1. The maximum atomic E-state index is 11.1. The lowest BCUT2D eigenvalue weighted by molar-refractivity contribution is -0.114. The molecular formula is C22H25N5O. The van der Waals surface area contributed by atoms with Crippen LogP contribution in [0.1, 0.15) is 26.3 Å². The molecule has 144 valence electrons. The first-order chi connectivity index (χ1) is 13.5. The molecule has 1 amide bonds. The van der Waals surface area contributed by atoms with Gasteiger partial charge in [0.25, 0.3) is 0 Å². The summed E-state index contributed by atoms with van der Waals surface area (Å²) in [5, 5.41) is 5.97. The maximum Gasteiger partial charge on any atom is 0.229 e. The van der Waals surface area contributed by atoms with Crippen LogP contribution in [0.25, 0.3) is 0 Å². The van der Waals surface area contributed by atoms with Gasteiger partial charge in [0.2, 0.25) is 11.9 Å². The van der Waals surface area contributed by atoms with Crippen molar-refractivity contribution in [3.8, 4) is 0 Å². The van der Waals surface area contributed by atoms with E-state index in [4.69, 9.17) is 4.98 Å². The van der Waals surface area contributed by atoms with Crippen LogP contribution >= 0.6 is 0 Å². The lowest BCUT2D eigenvalue weighted by Gasteiger charge is -2.28. The quantitative estimate of drug-likeness (QED) is 0.632. The standard InChI is InChI=1S/C22H25N5O/c1-16(2)27(15-18-7-5-4-6-8-18)21-13-14-23-22(26-21)25-20-11-9-19(10-12-20)24-17(3)28/h4-14,16H,15H2,1-3H3,(H,24,28)(H,23,25,26). The van der Waals surface area contributed by atoms with E-state index in [0.717, 1.165) is 23.7 Å². The summed E-state index contributed by atoms with van der Waals surface area (Å²) in [6.45, 7) is 6.57. The van der Waals surface area contributed by atoms with Crippen molar-refractivity contribution >= 4 is 29.0 Å². The van der Waals surface area contributed by atoms with E-state index < -0.39 is 0 Å². The van der Waals surface area contributed by atoms with Gasteiger partial charge in [0.1, 0.15) is 5.82 Å². The number of rotatable bonds is 7. The summed E-state index contributed by atoms with van der Waals surface area (Å²) >= 11 is 0. The third-order valence-electron chi connectivity index (χ3n) is 4.22. The molecule has 0 fully saturated rings. The fourth-order valence-corrected chi connectivity index (χ4v) is 2.85. The molecule has 6 nitrogen and oxygen atoms in total. The predicted octanol–water partition coefficient (Wildman–Crippen LogP) is 4.59. The molecule has 3 aromatic rings. The summed E-state index contributed by atoms with van der Waals surface area (Å²) in [6.07, 6.45) is 1.76. The molecule has 0 aliphatic heterocycles. The summed E-state index contributed by atoms with van der Waals surface area (Å²) in [6, 6.07) is 20.0. The van der Waals surface area contributed by atoms with Crippen LogP contribution in [0.4, 0.5) is 23.1 Å². The monoisotopic (exact) mass is 375 g/mol. The van der Waals surface area contributed by atoms with Gasteiger partial charge in [0, 0.05) is 37.1 Å². The molecule has 0 saturated carbocycles. The van der Waals surface area contributed by atoms with Crippen LogP contribution in [0, 0.1) is 0 Å². The molecule has 6 heteroatoms. The Morgan fingerprint density at radius 1 is 1.00 bits per heavy atom. The number of carbonyl (C=O) groups excluding carboxylic acids is 1. The predicted molar refractivity (Wildman–Crippen MR) is 114 cm³/mol. The van der Waals surface area contributed by atoms with Gasteiger partial charge in [-0.2, -0.15) is 4.98 Å². The second kappa shape index (κ2) is 8.99. The summed E-state index contributed by atoms with van der Waals surface area (Å²) < 4.78 is 0. The molecule has 0 unspecified atom stereocenters. The van der Waals surface area contributed by atoms with Crippen molar-refractivity contribution in [3.63, 3.8) is 0 Å². The number of amides is 1. The normalized spacial score (nSPS) is 10.6. The van der Waals surface area contributed by atoms with Gasteiger partial charge in [-0.15, -0.1) is 0 Å². The summed E-state index contributed by atoms with van der Waals surface area (Å²) in [5.41, 5.74) is 2.84. The number of aromatic nitrogens is 2. The highest BCUT2D eigenvalue weighted by Crippen LogP contribution is 2.21. The van der Waals surface area contributed by atoms with Crippen LogP contribution < -0.4 is 15.5 Å². The van der Waals surface area contributed by atoms with Gasteiger partial charge in [0.05, 0.1) is 0 Å². The molecule has 0 spiro atoms. The first-order valence-corrected chi connectivity index (χ1v) is 9.29. The van der Waals surface area contributed by atoms with Crippen LogP contribution in [-0.2, 0) is 11.3 Å². The fourth-order valence-electron chi connectivity index (χ4n) is 2.85.